The van der Waals surface area contributed by atoms with E-state index in [1.54, 1.807) is 0 Å². The summed E-state index contributed by atoms with van der Waals surface area (Å²) in [5.41, 5.74) is 6.68. The van der Waals surface area contributed by atoms with Crippen LogP contribution in [0.5, 0.6) is 0 Å². The van der Waals surface area contributed by atoms with E-state index >= 15 is 0 Å². The number of carbonyl (C=O) groups is 1. The van der Waals surface area contributed by atoms with Gasteiger partial charge >= 0.3 is 0 Å². The Labute approximate surface area is 208 Å². The van der Waals surface area contributed by atoms with E-state index in [4.69, 9.17) is 9.97 Å². The largest absolute Gasteiger partial charge is 0.353 e. The second-order valence-corrected chi connectivity index (χ2v) is 11.1. The Kier molecular flexibility index (Phi) is 7.12. The van der Waals surface area contributed by atoms with Gasteiger partial charge in [-0.2, -0.15) is 4.98 Å². The van der Waals surface area contributed by atoms with Gasteiger partial charge in [0.2, 0.25) is 11.9 Å². The van der Waals surface area contributed by atoms with Gasteiger partial charge in [0.05, 0.1) is 18.6 Å². The first kappa shape index (κ1) is 25.1. The van der Waals surface area contributed by atoms with Crippen LogP contribution < -0.4 is 10.2 Å². The highest BCUT2D eigenvalue weighted by Gasteiger charge is 2.23. The van der Waals surface area contributed by atoms with Crippen LogP contribution in [-0.4, -0.2) is 69.1 Å². The zero-order valence-corrected chi connectivity index (χ0v) is 22.2. The number of imidazole rings is 1. The van der Waals surface area contributed by atoms with Crippen molar-refractivity contribution in [3.05, 3.63) is 46.9 Å². The molecule has 4 rings (SSSR count). The Balaban J connectivity index is 1.57. The Hall–Kier alpha value is -3.00. The first-order valence-electron chi connectivity index (χ1n) is 12.6. The lowest BCUT2D eigenvalue weighted by Gasteiger charge is -2.34. The third-order valence-corrected chi connectivity index (χ3v) is 6.68. The molecule has 3 heterocycles. The summed E-state index contributed by atoms with van der Waals surface area (Å²) in [5, 5.41) is 2.97. The maximum atomic E-state index is 12.2. The number of nitrogens with zero attached hydrogens (tertiary/aromatic N) is 6. The lowest BCUT2D eigenvalue weighted by atomic mass is 9.84. The Morgan fingerprint density at radius 3 is 2.49 bits per heavy atom. The van der Waals surface area contributed by atoms with Crippen molar-refractivity contribution >= 4 is 23.0 Å². The van der Waals surface area contributed by atoms with Crippen LogP contribution in [0.2, 0.25) is 0 Å². The quantitative estimate of drug-likeness (QED) is 0.587. The van der Waals surface area contributed by atoms with E-state index < -0.39 is 0 Å². The number of piperazine rings is 1. The minimum atomic E-state index is 0.0785. The SMILES string of the molecule is Cc1ccc(C(C)(C)C)cc1Cc1nc(N2CCN(CC(=O)NC(C)C)CC2)nc2ncn(C)c12. The molecular formula is C27H39N7O. The highest BCUT2D eigenvalue weighted by atomic mass is 16.2. The normalized spacial score (nSPS) is 15.3. The molecule has 1 aliphatic rings. The summed E-state index contributed by atoms with van der Waals surface area (Å²) in [6, 6.07) is 6.92. The molecule has 0 spiro atoms. The van der Waals surface area contributed by atoms with Gasteiger partial charge in [-0.05, 0) is 42.9 Å². The van der Waals surface area contributed by atoms with Crippen LogP contribution in [0.3, 0.4) is 0 Å². The molecule has 8 nitrogen and oxygen atoms in total. The van der Waals surface area contributed by atoms with E-state index in [1.165, 1.54) is 16.7 Å². The number of hydrogen-bond acceptors (Lipinski definition) is 6. The van der Waals surface area contributed by atoms with E-state index in [0.717, 1.165) is 55.4 Å². The van der Waals surface area contributed by atoms with Gasteiger partial charge in [-0.3, -0.25) is 9.69 Å². The van der Waals surface area contributed by atoms with E-state index in [-0.39, 0.29) is 17.4 Å². The Morgan fingerprint density at radius 2 is 1.83 bits per heavy atom. The first-order chi connectivity index (χ1) is 16.5. The van der Waals surface area contributed by atoms with Crippen molar-refractivity contribution in [2.45, 2.75) is 59.4 Å². The van der Waals surface area contributed by atoms with Gasteiger partial charge in [0, 0.05) is 45.7 Å². The van der Waals surface area contributed by atoms with Crippen molar-refractivity contribution in [3.8, 4) is 0 Å². The van der Waals surface area contributed by atoms with Crippen LogP contribution in [0, 0.1) is 6.92 Å². The van der Waals surface area contributed by atoms with Crippen LogP contribution >= 0.6 is 0 Å². The Bertz CT molecular complexity index is 1200. The number of carbonyl (C=O) groups excluding carboxylic acids is 1. The highest BCUT2D eigenvalue weighted by molar-refractivity contribution is 5.78. The lowest BCUT2D eigenvalue weighted by Crippen LogP contribution is -2.50. The average Bonchev–Trinajstić information content (AvgIpc) is 3.15. The minimum absolute atomic E-state index is 0.0785. The summed E-state index contributed by atoms with van der Waals surface area (Å²) in [7, 11) is 2.00. The summed E-state index contributed by atoms with van der Waals surface area (Å²) in [6.45, 7) is 16.5. The van der Waals surface area contributed by atoms with Gasteiger partial charge < -0.3 is 14.8 Å². The number of anilines is 1. The maximum absolute atomic E-state index is 12.2. The van der Waals surface area contributed by atoms with Gasteiger partial charge in [-0.25, -0.2) is 9.97 Å². The van der Waals surface area contributed by atoms with Crippen molar-refractivity contribution in [2.75, 3.05) is 37.6 Å². The molecule has 8 heteroatoms. The molecule has 0 radical (unpaired) electrons. The number of aryl methyl sites for hydroxylation is 2. The molecule has 0 saturated carbocycles. The molecular weight excluding hydrogens is 438 g/mol. The van der Waals surface area contributed by atoms with Crippen molar-refractivity contribution in [1.29, 1.82) is 0 Å². The van der Waals surface area contributed by atoms with Gasteiger partial charge in [-0.1, -0.05) is 39.0 Å². The van der Waals surface area contributed by atoms with E-state index in [1.807, 2.05) is 31.8 Å². The van der Waals surface area contributed by atoms with Crippen molar-refractivity contribution in [3.63, 3.8) is 0 Å². The lowest BCUT2D eigenvalue weighted by molar-refractivity contribution is -0.122. The molecule has 2 aromatic heterocycles. The predicted molar refractivity (Wildman–Crippen MR) is 141 cm³/mol. The molecule has 3 aromatic rings. The minimum Gasteiger partial charge on any atom is -0.353 e. The number of amides is 1. The molecule has 0 unspecified atom stereocenters. The average molecular weight is 478 g/mol. The molecule has 1 aromatic carbocycles. The van der Waals surface area contributed by atoms with Crippen LogP contribution in [0.4, 0.5) is 5.95 Å². The van der Waals surface area contributed by atoms with Crippen molar-refractivity contribution < 1.29 is 4.79 Å². The summed E-state index contributed by atoms with van der Waals surface area (Å²) < 4.78 is 2.02. The monoisotopic (exact) mass is 477 g/mol. The van der Waals surface area contributed by atoms with E-state index in [2.05, 4.69) is 66.0 Å². The van der Waals surface area contributed by atoms with Crippen LogP contribution in [0.15, 0.2) is 24.5 Å². The predicted octanol–water partition coefficient (Wildman–Crippen LogP) is 3.21. The molecule has 1 saturated heterocycles. The molecule has 0 aliphatic carbocycles. The van der Waals surface area contributed by atoms with Gasteiger partial charge in [-0.15, -0.1) is 0 Å². The molecule has 35 heavy (non-hydrogen) atoms. The van der Waals surface area contributed by atoms with E-state index in [0.29, 0.717) is 6.54 Å². The van der Waals surface area contributed by atoms with Crippen molar-refractivity contribution in [1.82, 2.24) is 29.7 Å². The summed E-state index contributed by atoms with van der Waals surface area (Å²) in [5.74, 6) is 0.803. The zero-order valence-electron chi connectivity index (χ0n) is 22.2. The van der Waals surface area contributed by atoms with Gasteiger partial charge in [0.25, 0.3) is 0 Å². The summed E-state index contributed by atoms with van der Waals surface area (Å²) >= 11 is 0. The third kappa shape index (κ3) is 5.81. The smallest absolute Gasteiger partial charge is 0.234 e. The number of aromatic nitrogens is 4. The fourth-order valence-electron chi connectivity index (χ4n) is 4.58. The highest BCUT2D eigenvalue weighted by Crippen LogP contribution is 2.27. The first-order valence-corrected chi connectivity index (χ1v) is 12.6. The van der Waals surface area contributed by atoms with Crippen LogP contribution in [0.1, 0.15) is 57.0 Å². The molecule has 1 N–H and O–H groups in total. The van der Waals surface area contributed by atoms with Gasteiger partial charge in [0.15, 0.2) is 5.65 Å². The molecule has 0 atom stereocenters. The third-order valence-electron chi connectivity index (χ3n) is 6.68. The molecule has 0 bridgehead atoms. The number of nitrogens with one attached hydrogen (secondary N) is 1. The zero-order chi connectivity index (χ0) is 25.3. The molecule has 1 amide bonds. The second-order valence-electron chi connectivity index (χ2n) is 11.1. The van der Waals surface area contributed by atoms with Gasteiger partial charge in [0.1, 0.15) is 5.52 Å². The fourth-order valence-corrected chi connectivity index (χ4v) is 4.58. The summed E-state index contributed by atoms with van der Waals surface area (Å²) in [6.07, 6.45) is 2.55. The van der Waals surface area contributed by atoms with E-state index in [9.17, 15) is 4.79 Å². The number of fused-ring (bicyclic) bond motifs is 1. The summed E-state index contributed by atoms with van der Waals surface area (Å²) in [4.78, 5) is 31.0. The molecule has 1 aliphatic heterocycles. The Morgan fingerprint density at radius 1 is 1.11 bits per heavy atom. The van der Waals surface area contributed by atoms with Crippen LogP contribution in [0.25, 0.3) is 11.2 Å². The molecule has 188 valence electrons. The standard InChI is InChI=1S/C27H39N7O/c1-18(2)29-23(35)16-33-10-12-34(13-11-33)26-30-22(24-25(31-26)28-17-32(24)7)15-20-14-21(27(4,5)6)9-8-19(20)3/h8-9,14,17-18H,10-13,15-16H2,1-7H3,(H,29,35). The second kappa shape index (κ2) is 9.93. The maximum Gasteiger partial charge on any atom is 0.234 e. The molecule has 1 fully saturated rings. The number of rotatable bonds is 6. The fraction of sp³-hybridized carbons (Fsp3) is 0.556. The number of hydrogen-bond donors (Lipinski definition) is 1. The topological polar surface area (TPSA) is 79.2 Å². The van der Waals surface area contributed by atoms with Crippen LogP contribution in [-0.2, 0) is 23.7 Å². The number of benzene rings is 1. The van der Waals surface area contributed by atoms with Crippen molar-refractivity contribution in [2.24, 2.45) is 7.05 Å².